The summed E-state index contributed by atoms with van der Waals surface area (Å²) in [5, 5.41) is 7.19. The summed E-state index contributed by atoms with van der Waals surface area (Å²) in [5.74, 6) is 1.89. The number of hydrogen-bond donors (Lipinski definition) is 3. The Bertz CT molecular complexity index is 1140. The van der Waals surface area contributed by atoms with E-state index in [2.05, 4.69) is 45.5 Å². The number of rotatable bonds is 8. The Balaban J connectivity index is 1.48. The Morgan fingerprint density at radius 2 is 1.80 bits per heavy atom. The Morgan fingerprint density at radius 3 is 2.57 bits per heavy atom. The maximum atomic E-state index is 6.31. The minimum atomic E-state index is 0.427. The first-order chi connectivity index (χ1) is 14.6. The predicted molar refractivity (Wildman–Crippen MR) is 124 cm³/mol. The van der Waals surface area contributed by atoms with Crippen LogP contribution in [0.25, 0.3) is 10.2 Å². The van der Waals surface area contributed by atoms with E-state index in [1.54, 1.807) is 11.3 Å². The molecule has 8 heteroatoms. The van der Waals surface area contributed by atoms with E-state index in [-0.39, 0.29) is 0 Å². The van der Waals surface area contributed by atoms with E-state index >= 15 is 0 Å². The van der Waals surface area contributed by atoms with Crippen LogP contribution in [0.15, 0.2) is 48.8 Å². The first kappa shape index (κ1) is 19.9. The monoisotopic (exact) mass is 420 g/mol. The molecule has 0 fully saturated rings. The normalized spacial score (nSPS) is 10.9. The van der Waals surface area contributed by atoms with Crippen LogP contribution in [0.5, 0.6) is 5.75 Å². The van der Waals surface area contributed by atoms with Crippen molar-refractivity contribution in [1.82, 2.24) is 15.0 Å². The number of anilines is 5. The van der Waals surface area contributed by atoms with E-state index in [0.717, 1.165) is 46.2 Å². The van der Waals surface area contributed by atoms with Crippen molar-refractivity contribution in [3.8, 4) is 5.75 Å². The molecule has 4 N–H and O–H groups in total. The number of hydrogen-bond acceptors (Lipinski definition) is 8. The summed E-state index contributed by atoms with van der Waals surface area (Å²) in [6, 6.07) is 13.9. The highest BCUT2D eigenvalue weighted by atomic mass is 32.1. The molecule has 0 aliphatic heterocycles. The Morgan fingerprint density at radius 1 is 1.03 bits per heavy atom. The lowest BCUT2D eigenvalue weighted by Gasteiger charge is -2.12. The first-order valence-corrected chi connectivity index (χ1v) is 10.7. The zero-order valence-electron chi connectivity index (χ0n) is 17.0. The molecule has 2 heterocycles. The molecule has 0 bridgehead atoms. The molecule has 7 nitrogen and oxygen atoms in total. The van der Waals surface area contributed by atoms with E-state index in [9.17, 15) is 0 Å². The molecule has 30 heavy (non-hydrogen) atoms. The molecule has 0 spiro atoms. The van der Waals surface area contributed by atoms with Gasteiger partial charge in [-0.1, -0.05) is 30.7 Å². The molecule has 154 valence electrons. The van der Waals surface area contributed by atoms with Gasteiger partial charge in [-0.2, -0.15) is 0 Å². The first-order valence-electron chi connectivity index (χ1n) is 9.87. The largest absolute Gasteiger partial charge is 0.494 e. The van der Waals surface area contributed by atoms with Crippen LogP contribution in [-0.2, 0) is 0 Å². The second-order valence-electron chi connectivity index (χ2n) is 6.95. The third-order valence-electron chi connectivity index (χ3n) is 4.54. The molecule has 0 unspecified atom stereocenters. The molecule has 4 rings (SSSR count). The van der Waals surface area contributed by atoms with Gasteiger partial charge in [0.15, 0.2) is 16.8 Å². The van der Waals surface area contributed by atoms with Crippen molar-refractivity contribution in [2.24, 2.45) is 0 Å². The minimum Gasteiger partial charge on any atom is -0.494 e. The smallest absolute Gasteiger partial charge is 0.189 e. The van der Waals surface area contributed by atoms with Crippen LogP contribution in [0, 0.1) is 6.92 Å². The number of thiazole rings is 1. The van der Waals surface area contributed by atoms with E-state index in [4.69, 9.17) is 10.5 Å². The van der Waals surface area contributed by atoms with Gasteiger partial charge < -0.3 is 21.1 Å². The van der Waals surface area contributed by atoms with Crippen molar-refractivity contribution in [3.05, 3.63) is 54.4 Å². The van der Waals surface area contributed by atoms with Crippen molar-refractivity contribution >= 4 is 49.7 Å². The van der Waals surface area contributed by atoms with Crippen LogP contribution < -0.4 is 21.1 Å². The van der Waals surface area contributed by atoms with Gasteiger partial charge in [-0.15, -0.1) is 0 Å². The number of nitrogens with one attached hydrogen (secondary N) is 2. The maximum absolute atomic E-state index is 6.31. The van der Waals surface area contributed by atoms with Gasteiger partial charge in [-0.05, 0) is 55.3 Å². The summed E-state index contributed by atoms with van der Waals surface area (Å²) in [5.41, 5.74) is 9.75. The summed E-state index contributed by atoms with van der Waals surface area (Å²) in [4.78, 5) is 13.2. The lowest BCUT2D eigenvalue weighted by Crippen LogP contribution is -2.05. The number of aromatic nitrogens is 3. The molecule has 0 saturated carbocycles. The zero-order valence-corrected chi connectivity index (χ0v) is 17.8. The molecule has 0 saturated heterocycles. The molecule has 0 amide bonds. The van der Waals surface area contributed by atoms with Gasteiger partial charge in [-0.25, -0.2) is 15.0 Å². The fourth-order valence-corrected chi connectivity index (χ4v) is 3.85. The molecule has 2 aromatic carbocycles. The molecule has 0 radical (unpaired) electrons. The summed E-state index contributed by atoms with van der Waals surface area (Å²) in [7, 11) is 0. The van der Waals surface area contributed by atoms with Gasteiger partial charge in [0.05, 0.1) is 16.8 Å². The fourth-order valence-electron chi connectivity index (χ4n) is 2.89. The lowest BCUT2D eigenvalue weighted by molar-refractivity contribution is 0.309. The van der Waals surface area contributed by atoms with E-state index in [0.29, 0.717) is 17.3 Å². The summed E-state index contributed by atoms with van der Waals surface area (Å²) < 4.78 is 6.81. The standard InChI is InChI=1S/C22H24N6OS/c1-3-4-11-29-16-8-6-15(7-9-16)26-20-19(23)21(25-13-24-20)28-22-27-17-10-5-14(2)12-18(17)30-22/h5-10,12-13H,3-4,11,23H2,1-2H3,(H2,24,25,26,27,28). The number of benzene rings is 2. The topological polar surface area (TPSA) is 98.0 Å². The van der Waals surface area contributed by atoms with Crippen molar-refractivity contribution in [2.45, 2.75) is 26.7 Å². The Labute approximate surface area is 179 Å². The molecule has 0 aliphatic rings. The average Bonchev–Trinajstić information content (AvgIpc) is 3.14. The number of ether oxygens (including phenoxy) is 1. The number of unbranched alkanes of at least 4 members (excludes halogenated alkanes) is 1. The van der Waals surface area contributed by atoms with Gasteiger partial charge in [-0.3, -0.25) is 0 Å². The lowest BCUT2D eigenvalue weighted by atomic mass is 10.2. The molecule has 2 aromatic heterocycles. The number of fused-ring (bicyclic) bond motifs is 1. The number of nitrogens with two attached hydrogens (primary N) is 1. The van der Waals surface area contributed by atoms with Crippen LogP contribution in [0.4, 0.5) is 28.1 Å². The van der Waals surface area contributed by atoms with Crippen LogP contribution in [0.3, 0.4) is 0 Å². The predicted octanol–water partition coefficient (Wildman–Crippen LogP) is 5.64. The summed E-state index contributed by atoms with van der Waals surface area (Å²) >= 11 is 1.56. The van der Waals surface area contributed by atoms with E-state index < -0.39 is 0 Å². The van der Waals surface area contributed by atoms with Crippen molar-refractivity contribution in [3.63, 3.8) is 0 Å². The third-order valence-corrected chi connectivity index (χ3v) is 5.47. The molecule has 0 atom stereocenters. The minimum absolute atomic E-state index is 0.427. The van der Waals surface area contributed by atoms with Crippen LogP contribution in [0.2, 0.25) is 0 Å². The number of aryl methyl sites for hydroxylation is 1. The number of nitrogens with zero attached hydrogens (tertiary/aromatic N) is 3. The second kappa shape index (κ2) is 8.96. The molecular formula is C22H24N6OS. The van der Waals surface area contributed by atoms with Gasteiger partial charge in [0, 0.05) is 5.69 Å². The van der Waals surface area contributed by atoms with Gasteiger partial charge >= 0.3 is 0 Å². The summed E-state index contributed by atoms with van der Waals surface area (Å²) in [6.45, 7) is 4.93. The van der Waals surface area contributed by atoms with Crippen LogP contribution >= 0.6 is 11.3 Å². The highest BCUT2D eigenvalue weighted by molar-refractivity contribution is 7.22. The second-order valence-corrected chi connectivity index (χ2v) is 7.98. The number of nitrogen functional groups attached to an aromatic ring is 1. The van der Waals surface area contributed by atoms with Gasteiger partial charge in [0.2, 0.25) is 0 Å². The Hall–Kier alpha value is -3.39. The van der Waals surface area contributed by atoms with Crippen LogP contribution in [-0.4, -0.2) is 21.6 Å². The van der Waals surface area contributed by atoms with Crippen molar-refractivity contribution in [2.75, 3.05) is 23.0 Å². The third kappa shape index (κ3) is 4.60. The van der Waals surface area contributed by atoms with Gasteiger partial charge in [0.25, 0.3) is 0 Å². The summed E-state index contributed by atoms with van der Waals surface area (Å²) in [6.07, 6.45) is 3.63. The van der Waals surface area contributed by atoms with E-state index in [1.807, 2.05) is 36.4 Å². The van der Waals surface area contributed by atoms with Crippen LogP contribution in [0.1, 0.15) is 25.3 Å². The highest BCUT2D eigenvalue weighted by Crippen LogP contribution is 2.32. The fraction of sp³-hybridized carbons (Fsp3) is 0.227. The highest BCUT2D eigenvalue weighted by Gasteiger charge is 2.11. The van der Waals surface area contributed by atoms with Gasteiger partial charge in [0.1, 0.15) is 17.8 Å². The maximum Gasteiger partial charge on any atom is 0.189 e. The molecular weight excluding hydrogens is 396 g/mol. The van der Waals surface area contributed by atoms with Crippen molar-refractivity contribution in [1.29, 1.82) is 0 Å². The molecule has 0 aliphatic carbocycles. The van der Waals surface area contributed by atoms with E-state index in [1.165, 1.54) is 11.9 Å². The SMILES string of the molecule is CCCCOc1ccc(Nc2ncnc(Nc3nc4ccc(C)cc4s3)c2N)cc1. The Kier molecular flexibility index (Phi) is 5.94. The molecule has 4 aromatic rings. The van der Waals surface area contributed by atoms with Crippen molar-refractivity contribution < 1.29 is 4.74 Å². The zero-order chi connectivity index (χ0) is 20.9. The average molecular weight is 421 g/mol. The quantitative estimate of drug-likeness (QED) is 0.317.